The van der Waals surface area contributed by atoms with Crippen LogP contribution in [0.15, 0.2) is 24.3 Å². The van der Waals surface area contributed by atoms with Gasteiger partial charge in [0.05, 0.1) is 17.6 Å². The predicted octanol–water partition coefficient (Wildman–Crippen LogP) is 1.81. The Balaban J connectivity index is 1.90. The minimum Gasteiger partial charge on any atom is -0.481 e. The number of hydrogen-bond donors (Lipinski definition) is 2. The molecule has 0 spiro atoms. The summed E-state index contributed by atoms with van der Waals surface area (Å²) in [5.74, 6) is -1.17. The van der Waals surface area contributed by atoms with Crippen LogP contribution in [0.2, 0.25) is 0 Å². The fraction of sp³-hybridized carbons (Fsp3) is 0.438. The average molecular weight is 301 g/mol. The highest BCUT2D eigenvalue weighted by Crippen LogP contribution is 2.21. The van der Waals surface area contributed by atoms with Gasteiger partial charge in [0, 0.05) is 19.6 Å². The lowest BCUT2D eigenvalue weighted by Gasteiger charge is -2.34. The molecule has 22 heavy (non-hydrogen) atoms. The molecular weight excluding hydrogens is 282 g/mol. The molecule has 2 amide bonds. The van der Waals surface area contributed by atoms with E-state index in [2.05, 4.69) is 5.32 Å². The highest BCUT2D eigenvalue weighted by atomic mass is 16.4. The van der Waals surface area contributed by atoms with Crippen LogP contribution in [0.4, 0.5) is 4.79 Å². The molecule has 2 atom stereocenters. The summed E-state index contributed by atoms with van der Waals surface area (Å²) < 4.78 is 0. The number of carboxylic acid groups (broad SMARTS) is 1. The first-order valence-corrected chi connectivity index (χ1v) is 7.24. The molecule has 2 N–H and O–H groups in total. The molecule has 2 unspecified atom stereocenters. The quantitative estimate of drug-likeness (QED) is 0.890. The van der Waals surface area contributed by atoms with E-state index in [9.17, 15) is 9.59 Å². The van der Waals surface area contributed by atoms with E-state index in [1.54, 1.807) is 29.2 Å². The number of aliphatic carboxylic acids is 1. The number of benzene rings is 1. The minimum atomic E-state index is -0.851. The number of rotatable bonds is 3. The largest absolute Gasteiger partial charge is 0.481 e. The van der Waals surface area contributed by atoms with E-state index < -0.39 is 11.9 Å². The van der Waals surface area contributed by atoms with Crippen LogP contribution in [0, 0.1) is 23.2 Å². The Labute approximate surface area is 129 Å². The van der Waals surface area contributed by atoms with Gasteiger partial charge in [0.15, 0.2) is 0 Å². The van der Waals surface area contributed by atoms with E-state index in [4.69, 9.17) is 10.4 Å². The van der Waals surface area contributed by atoms with Crippen LogP contribution in [0.3, 0.4) is 0 Å². The molecule has 1 aliphatic rings. The summed E-state index contributed by atoms with van der Waals surface area (Å²) in [7, 11) is 0. The summed E-state index contributed by atoms with van der Waals surface area (Å²) in [6, 6.07) is 8.77. The number of urea groups is 1. The topological polar surface area (TPSA) is 93.4 Å². The smallest absolute Gasteiger partial charge is 0.317 e. The lowest BCUT2D eigenvalue weighted by Crippen LogP contribution is -2.49. The van der Waals surface area contributed by atoms with E-state index in [0.29, 0.717) is 25.1 Å². The summed E-state index contributed by atoms with van der Waals surface area (Å²) in [6.45, 7) is 3.13. The van der Waals surface area contributed by atoms with Gasteiger partial charge in [-0.25, -0.2) is 4.79 Å². The molecule has 1 aromatic carbocycles. The molecule has 116 valence electrons. The number of nitriles is 1. The van der Waals surface area contributed by atoms with Crippen LogP contribution in [-0.4, -0.2) is 35.1 Å². The lowest BCUT2D eigenvalue weighted by atomic mass is 9.91. The van der Waals surface area contributed by atoms with Crippen LogP contribution in [0.1, 0.15) is 24.5 Å². The second-order valence-electron chi connectivity index (χ2n) is 5.75. The van der Waals surface area contributed by atoms with E-state index >= 15 is 0 Å². The third-order valence-electron chi connectivity index (χ3n) is 3.82. The zero-order valence-corrected chi connectivity index (χ0v) is 12.5. The highest BCUT2D eigenvalue weighted by molar-refractivity contribution is 5.76. The van der Waals surface area contributed by atoms with Crippen LogP contribution in [0.5, 0.6) is 0 Å². The number of amides is 2. The zero-order valence-electron chi connectivity index (χ0n) is 12.5. The number of carboxylic acids is 1. The Morgan fingerprint density at radius 2 is 2.05 bits per heavy atom. The molecule has 1 heterocycles. The van der Waals surface area contributed by atoms with Gasteiger partial charge < -0.3 is 15.3 Å². The van der Waals surface area contributed by atoms with Gasteiger partial charge in [0.1, 0.15) is 0 Å². The van der Waals surface area contributed by atoms with Crippen LogP contribution >= 0.6 is 0 Å². The molecule has 0 bridgehead atoms. The number of hydrogen-bond acceptors (Lipinski definition) is 3. The SMILES string of the molecule is CC1CC(C(=O)O)CN(C(=O)NCc2ccc(C#N)cc2)C1. The first kappa shape index (κ1) is 15.8. The molecule has 2 rings (SSSR count). The second kappa shape index (κ2) is 6.94. The Bertz CT molecular complexity index is 592. The Morgan fingerprint density at radius 1 is 1.36 bits per heavy atom. The Kier molecular flexibility index (Phi) is 4.99. The number of nitrogens with zero attached hydrogens (tertiary/aromatic N) is 2. The molecule has 0 aromatic heterocycles. The first-order valence-electron chi connectivity index (χ1n) is 7.24. The zero-order chi connectivity index (χ0) is 16.1. The molecule has 1 aromatic rings. The molecule has 0 radical (unpaired) electrons. The molecule has 1 aliphatic heterocycles. The monoisotopic (exact) mass is 301 g/mol. The van der Waals surface area contributed by atoms with Crippen LogP contribution in [-0.2, 0) is 11.3 Å². The van der Waals surface area contributed by atoms with E-state index in [0.717, 1.165) is 5.56 Å². The van der Waals surface area contributed by atoms with Gasteiger partial charge >= 0.3 is 12.0 Å². The number of likely N-dealkylation sites (tertiary alicyclic amines) is 1. The molecule has 0 aliphatic carbocycles. The van der Waals surface area contributed by atoms with Gasteiger partial charge in [-0.3, -0.25) is 4.79 Å². The fourth-order valence-corrected chi connectivity index (χ4v) is 2.68. The average Bonchev–Trinajstić information content (AvgIpc) is 2.52. The van der Waals surface area contributed by atoms with Crippen molar-refractivity contribution in [2.24, 2.45) is 11.8 Å². The van der Waals surface area contributed by atoms with Gasteiger partial charge in [0.2, 0.25) is 0 Å². The lowest BCUT2D eigenvalue weighted by molar-refractivity contribution is -0.143. The summed E-state index contributed by atoms with van der Waals surface area (Å²) in [6.07, 6.45) is 0.606. The maximum absolute atomic E-state index is 12.2. The van der Waals surface area contributed by atoms with Crippen molar-refractivity contribution in [1.82, 2.24) is 10.2 Å². The maximum Gasteiger partial charge on any atom is 0.317 e. The molecule has 1 fully saturated rings. The third kappa shape index (κ3) is 3.98. The van der Waals surface area contributed by atoms with Crippen molar-refractivity contribution in [3.63, 3.8) is 0 Å². The third-order valence-corrected chi connectivity index (χ3v) is 3.82. The first-order chi connectivity index (χ1) is 10.5. The molecule has 0 saturated carbocycles. The van der Waals surface area contributed by atoms with Gasteiger partial charge in [0.25, 0.3) is 0 Å². The molecular formula is C16H19N3O3. The predicted molar refractivity (Wildman–Crippen MR) is 79.9 cm³/mol. The summed E-state index contributed by atoms with van der Waals surface area (Å²) >= 11 is 0. The standard InChI is InChI=1S/C16H19N3O3/c1-11-6-14(15(20)21)10-19(9-11)16(22)18-8-13-4-2-12(7-17)3-5-13/h2-5,11,14H,6,8-10H2,1H3,(H,18,22)(H,20,21). The van der Waals surface area contributed by atoms with Crippen molar-refractivity contribution in [3.05, 3.63) is 35.4 Å². The molecule has 1 saturated heterocycles. The number of carbonyl (C=O) groups excluding carboxylic acids is 1. The Hall–Kier alpha value is -2.55. The van der Waals surface area contributed by atoms with E-state index in [-0.39, 0.29) is 18.5 Å². The van der Waals surface area contributed by atoms with E-state index in [1.165, 1.54) is 0 Å². The number of carbonyl (C=O) groups is 2. The Morgan fingerprint density at radius 3 is 2.64 bits per heavy atom. The van der Waals surface area contributed by atoms with Gasteiger partial charge in [-0.05, 0) is 30.0 Å². The normalized spacial score (nSPS) is 21.0. The molecule has 6 nitrogen and oxygen atoms in total. The van der Waals surface area contributed by atoms with Crippen LogP contribution < -0.4 is 5.32 Å². The highest BCUT2D eigenvalue weighted by Gasteiger charge is 2.31. The van der Waals surface area contributed by atoms with Crippen LogP contribution in [0.25, 0.3) is 0 Å². The molecule has 6 heteroatoms. The number of piperidine rings is 1. The number of nitrogens with one attached hydrogen (secondary N) is 1. The van der Waals surface area contributed by atoms with Crippen molar-refractivity contribution in [2.45, 2.75) is 19.9 Å². The van der Waals surface area contributed by atoms with Gasteiger partial charge in [-0.15, -0.1) is 0 Å². The fourth-order valence-electron chi connectivity index (χ4n) is 2.68. The maximum atomic E-state index is 12.2. The summed E-state index contributed by atoms with van der Waals surface area (Å²) in [5.41, 5.74) is 1.47. The van der Waals surface area contributed by atoms with Crippen molar-refractivity contribution in [2.75, 3.05) is 13.1 Å². The summed E-state index contributed by atoms with van der Waals surface area (Å²) in [4.78, 5) is 24.9. The van der Waals surface area contributed by atoms with Crippen molar-refractivity contribution in [3.8, 4) is 6.07 Å². The van der Waals surface area contributed by atoms with E-state index in [1.807, 2.05) is 13.0 Å². The van der Waals surface area contributed by atoms with Gasteiger partial charge in [-0.2, -0.15) is 5.26 Å². The van der Waals surface area contributed by atoms with Gasteiger partial charge in [-0.1, -0.05) is 19.1 Å². The van der Waals surface area contributed by atoms with Crippen molar-refractivity contribution >= 4 is 12.0 Å². The van der Waals surface area contributed by atoms with Crippen molar-refractivity contribution in [1.29, 1.82) is 5.26 Å². The second-order valence-corrected chi connectivity index (χ2v) is 5.75. The minimum absolute atomic E-state index is 0.176. The van der Waals surface area contributed by atoms with Crippen molar-refractivity contribution < 1.29 is 14.7 Å². The summed E-state index contributed by atoms with van der Waals surface area (Å²) in [5, 5.41) is 20.7.